The molecule has 0 spiro atoms. The van der Waals surface area contributed by atoms with Gasteiger partial charge in [0.05, 0.1) is 12.7 Å². The summed E-state index contributed by atoms with van der Waals surface area (Å²) in [4.78, 5) is 12.8. The Morgan fingerprint density at radius 2 is 2.00 bits per heavy atom. The van der Waals surface area contributed by atoms with Crippen molar-refractivity contribution < 1.29 is 27.8 Å². The third-order valence-corrected chi connectivity index (χ3v) is 5.18. The molecule has 0 saturated carbocycles. The molecule has 0 saturated heterocycles. The summed E-state index contributed by atoms with van der Waals surface area (Å²) < 4.78 is 40.3. The number of nitrogens with one attached hydrogen (secondary N) is 1. The summed E-state index contributed by atoms with van der Waals surface area (Å²) in [6, 6.07) is 11.0. The second-order valence-electron chi connectivity index (χ2n) is 7.25. The van der Waals surface area contributed by atoms with Crippen LogP contribution in [0.2, 0.25) is 0 Å². The van der Waals surface area contributed by atoms with Crippen LogP contribution in [0.25, 0.3) is 5.57 Å². The van der Waals surface area contributed by atoms with Crippen LogP contribution >= 0.6 is 0 Å². The number of amides is 1. The highest BCUT2D eigenvalue weighted by Crippen LogP contribution is 2.28. The Bertz CT molecular complexity index is 1030. The number of fused-ring (bicyclic) bond motifs is 1. The molecule has 2 aromatic rings. The Labute approximate surface area is 186 Å². The minimum Gasteiger partial charge on any atom is -0.493 e. The lowest BCUT2D eigenvalue weighted by molar-refractivity contribution is -0.116. The zero-order valence-electron chi connectivity index (χ0n) is 17.8. The van der Waals surface area contributed by atoms with Crippen molar-refractivity contribution in [1.29, 1.82) is 0 Å². The van der Waals surface area contributed by atoms with Crippen LogP contribution in [0, 0.1) is 12.3 Å². The summed E-state index contributed by atoms with van der Waals surface area (Å²) in [5.41, 5.74) is 3.89. The van der Waals surface area contributed by atoms with Gasteiger partial charge in [0, 0.05) is 6.54 Å². The Morgan fingerprint density at radius 1 is 1.19 bits per heavy atom. The number of rotatable bonds is 10. The van der Waals surface area contributed by atoms with Gasteiger partial charge in [-0.25, -0.2) is 0 Å². The van der Waals surface area contributed by atoms with Crippen molar-refractivity contribution in [2.24, 2.45) is 0 Å². The smallest absolute Gasteiger partial charge is 0.386 e. The average Bonchev–Trinajstić information content (AvgIpc) is 3.26. The maximum absolute atomic E-state index is 12.8. The minimum absolute atomic E-state index is 0.0654. The monoisotopic (exact) mass is 441 g/mol. The number of methoxy groups -OCH3 is 1. The quantitative estimate of drug-likeness (QED) is 0.342. The fourth-order valence-corrected chi connectivity index (χ4v) is 3.63. The van der Waals surface area contributed by atoms with Crippen molar-refractivity contribution in [2.45, 2.75) is 32.3 Å². The van der Waals surface area contributed by atoms with E-state index in [2.05, 4.69) is 16.0 Å². The first-order valence-electron chi connectivity index (χ1n) is 10.3. The second-order valence-corrected chi connectivity index (χ2v) is 7.25. The van der Waals surface area contributed by atoms with Crippen LogP contribution in [0.1, 0.15) is 28.7 Å². The molecule has 0 atom stereocenters. The fraction of sp³-hybridized carbons (Fsp3) is 0.320. The van der Waals surface area contributed by atoms with Crippen molar-refractivity contribution in [3.63, 3.8) is 0 Å². The van der Waals surface area contributed by atoms with Gasteiger partial charge in [0.15, 0.2) is 11.5 Å². The molecule has 1 aliphatic carbocycles. The zero-order chi connectivity index (χ0) is 22.9. The van der Waals surface area contributed by atoms with Gasteiger partial charge in [-0.05, 0) is 60.1 Å². The molecule has 0 fully saturated rings. The molecule has 0 heterocycles. The van der Waals surface area contributed by atoms with Crippen molar-refractivity contribution in [1.82, 2.24) is 5.32 Å². The van der Waals surface area contributed by atoms with E-state index in [1.807, 2.05) is 18.2 Å². The number of aryl methyl sites for hydroxylation is 2. The predicted molar refractivity (Wildman–Crippen MR) is 118 cm³/mol. The predicted octanol–water partition coefficient (Wildman–Crippen LogP) is 4.13. The Balaban J connectivity index is 1.67. The Morgan fingerprint density at radius 3 is 2.75 bits per heavy atom. The van der Waals surface area contributed by atoms with E-state index in [1.54, 1.807) is 18.2 Å². The van der Waals surface area contributed by atoms with Crippen molar-refractivity contribution in [3.05, 3.63) is 64.9 Å². The maximum Gasteiger partial charge on any atom is 0.386 e. The van der Waals surface area contributed by atoms with E-state index in [-0.39, 0.29) is 12.2 Å². The van der Waals surface area contributed by atoms with Crippen LogP contribution in [0.5, 0.6) is 11.5 Å². The molecule has 0 bridgehead atoms. The molecule has 32 heavy (non-hydrogen) atoms. The average molecular weight is 441 g/mol. The SMILES string of the molecule is C#CCOc1ccc(CCNC(=O)C(=COC(F)F)c2ccc3c(c2)CCC3)cc1OC. The van der Waals surface area contributed by atoms with Gasteiger partial charge in [0.2, 0.25) is 0 Å². The fourth-order valence-electron chi connectivity index (χ4n) is 3.63. The molecule has 0 aromatic heterocycles. The first kappa shape index (κ1) is 23.1. The number of halogens is 2. The minimum atomic E-state index is -3.00. The molecule has 0 radical (unpaired) electrons. The van der Waals surface area contributed by atoms with Crippen LogP contribution < -0.4 is 14.8 Å². The van der Waals surface area contributed by atoms with Gasteiger partial charge in [-0.3, -0.25) is 4.79 Å². The number of alkyl halides is 2. The van der Waals surface area contributed by atoms with Crippen molar-refractivity contribution >= 4 is 11.5 Å². The molecule has 1 N–H and O–H groups in total. The van der Waals surface area contributed by atoms with Crippen LogP contribution in [-0.2, 0) is 28.8 Å². The first-order valence-corrected chi connectivity index (χ1v) is 10.3. The molecule has 0 aliphatic heterocycles. The molecule has 7 heteroatoms. The number of carbonyl (C=O) groups excluding carboxylic acids is 1. The Hall–Kier alpha value is -3.53. The van der Waals surface area contributed by atoms with Gasteiger partial charge in [0.1, 0.15) is 12.9 Å². The van der Waals surface area contributed by atoms with Crippen LogP contribution in [0.3, 0.4) is 0 Å². The lowest BCUT2D eigenvalue weighted by Crippen LogP contribution is -2.27. The van der Waals surface area contributed by atoms with Gasteiger partial charge in [0.25, 0.3) is 5.91 Å². The molecule has 3 rings (SSSR count). The van der Waals surface area contributed by atoms with Gasteiger partial charge < -0.3 is 19.5 Å². The van der Waals surface area contributed by atoms with Gasteiger partial charge in [-0.15, -0.1) is 6.42 Å². The summed E-state index contributed by atoms with van der Waals surface area (Å²) in [5, 5.41) is 2.78. The number of hydrogen-bond acceptors (Lipinski definition) is 4. The molecule has 2 aromatic carbocycles. The summed E-state index contributed by atoms with van der Waals surface area (Å²) in [6.07, 6.45) is 9.50. The normalized spacial score (nSPS) is 12.8. The van der Waals surface area contributed by atoms with E-state index in [0.717, 1.165) is 36.7 Å². The second kappa shape index (κ2) is 11.2. The third-order valence-electron chi connectivity index (χ3n) is 5.18. The summed E-state index contributed by atoms with van der Waals surface area (Å²) in [5.74, 6) is 2.98. The number of terminal acetylenes is 1. The summed E-state index contributed by atoms with van der Waals surface area (Å²) >= 11 is 0. The summed E-state index contributed by atoms with van der Waals surface area (Å²) in [6.45, 7) is -2.58. The summed E-state index contributed by atoms with van der Waals surface area (Å²) in [7, 11) is 1.53. The van der Waals surface area contributed by atoms with Gasteiger partial charge in [-0.2, -0.15) is 8.78 Å². The molecule has 1 aliphatic rings. The zero-order valence-corrected chi connectivity index (χ0v) is 17.8. The number of benzene rings is 2. The lowest BCUT2D eigenvalue weighted by Gasteiger charge is -2.13. The van der Waals surface area contributed by atoms with Crippen LogP contribution in [-0.4, -0.2) is 32.8 Å². The Kier molecular flexibility index (Phi) is 8.09. The van der Waals surface area contributed by atoms with E-state index < -0.39 is 12.5 Å². The lowest BCUT2D eigenvalue weighted by atomic mass is 10.0. The number of carbonyl (C=O) groups is 1. The highest BCUT2D eigenvalue weighted by atomic mass is 19.3. The number of hydrogen-bond donors (Lipinski definition) is 1. The van der Waals surface area contributed by atoms with Crippen LogP contribution in [0.15, 0.2) is 42.7 Å². The molecule has 5 nitrogen and oxygen atoms in total. The molecular formula is C25H25F2NO4. The molecule has 0 unspecified atom stereocenters. The molecule has 168 valence electrons. The van der Waals surface area contributed by atoms with Gasteiger partial charge >= 0.3 is 6.61 Å². The van der Waals surface area contributed by atoms with Crippen LogP contribution in [0.4, 0.5) is 8.78 Å². The highest BCUT2D eigenvalue weighted by Gasteiger charge is 2.18. The first-order chi connectivity index (χ1) is 15.5. The van der Waals surface area contributed by atoms with E-state index in [1.165, 1.54) is 12.7 Å². The number of ether oxygens (including phenoxy) is 3. The molecule has 1 amide bonds. The largest absolute Gasteiger partial charge is 0.493 e. The van der Waals surface area contributed by atoms with E-state index >= 15 is 0 Å². The third kappa shape index (κ3) is 6.01. The molecular weight excluding hydrogens is 416 g/mol. The standard InChI is InChI=1S/C25H25F2NO4/c1-3-13-31-22-10-7-17(14-23(22)30-2)11-12-28-24(29)21(16-32-25(26)27)20-9-8-18-5-4-6-19(18)15-20/h1,7-10,14-16,25H,4-6,11-13H2,2H3,(H,28,29). The topological polar surface area (TPSA) is 56.8 Å². The maximum atomic E-state index is 12.8. The van der Waals surface area contributed by atoms with E-state index in [9.17, 15) is 13.6 Å². The van der Waals surface area contributed by atoms with E-state index in [0.29, 0.717) is 30.0 Å². The van der Waals surface area contributed by atoms with Crippen molar-refractivity contribution in [3.8, 4) is 23.8 Å². The highest BCUT2D eigenvalue weighted by molar-refractivity contribution is 6.19. The van der Waals surface area contributed by atoms with Crippen molar-refractivity contribution in [2.75, 3.05) is 20.3 Å². The van der Waals surface area contributed by atoms with E-state index in [4.69, 9.17) is 15.9 Å². The van der Waals surface area contributed by atoms with Gasteiger partial charge in [-0.1, -0.05) is 30.2 Å².